The third kappa shape index (κ3) is 2.81. The summed E-state index contributed by atoms with van der Waals surface area (Å²) < 4.78 is 5.53. The van der Waals surface area contributed by atoms with E-state index in [9.17, 15) is 0 Å². The fraction of sp³-hybridized carbons (Fsp3) is 0.0769. The van der Waals surface area contributed by atoms with E-state index in [4.69, 9.17) is 11.7 Å². The Balaban J connectivity index is 1.96. The Hall–Kier alpha value is -1.83. The highest BCUT2D eigenvalue weighted by Crippen LogP contribution is 2.12. The monoisotopic (exact) mass is 197 g/mol. The number of ether oxygens (including phenoxy) is 1. The zero-order valence-corrected chi connectivity index (χ0v) is 8.26. The van der Waals surface area contributed by atoms with Gasteiger partial charge in [-0.2, -0.15) is 0 Å². The number of nitrogens with zero attached hydrogens (tertiary/aromatic N) is 1. The molecule has 0 unspecified atom stereocenters. The molecule has 2 radical (unpaired) electrons. The Morgan fingerprint density at radius 3 is 2.53 bits per heavy atom. The molecular formula is C13H11NO. The average Bonchev–Trinajstić information content (AvgIpc) is 2.30. The fourth-order valence-corrected chi connectivity index (χ4v) is 1.20. The molecule has 2 aromatic rings. The molecule has 2 heteroatoms. The summed E-state index contributed by atoms with van der Waals surface area (Å²) in [6, 6.07) is 13.1. The van der Waals surface area contributed by atoms with E-state index in [1.165, 1.54) is 0 Å². The second-order valence-electron chi connectivity index (χ2n) is 3.18. The topological polar surface area (TPSA) is 22.1 Å². The van der Waals surface area contributed by atoms with Gasteiger partial charge in [-0.1, -0.05) is 18.2 Å². The number of aromatic nitrogens is 1. The van der Waals surface area contributed by atoms with Crippen LogP contribution in [0.5, 0.6) is 5.75 Å². The summed E-state index contributed by atoms with van der Waals surface area (Å²) >= 11 is 0. The number of hydrogen-bond donors (Lipinski definition) is 0. The third-order valence-corrected chi connectivity index (χ3v) is 1.99. The highest BCUT2D eigenvalue weighted by atomic mass is 16.5. The van der Waals surface area contributed by atoms with Crippen molar-refractivity contribution in [1.82, 2.24) is 4.98 Å². The molecule has 0 saturated carbocycles. The van der Waals surface area contributed by atoms with E-state index in [1.807, 2.05) is 42.5 Å². The molecule has 0 aliphatic heterocycles. The predicted octanol–water partition coefficient (Wildman–Crippen LogP) is 2.72. The standard InChI is InChI=1S/C13H11NO/c1-11-5-7-13(8-6-11)15-10-12-4-2-3-9-14-12/h1-9H,10H2. The van der Waals surface area contributed by atoms with Gasteiger partial charge in [0.05, 0.1) is 5.69 Å². The number of rotatable bonds is 3. The predicted molar refractivity (Wildman–Crippen MR) is 58.4 cm³/mol. The van der Waals surface area contributed by atoms with E-state index in [2.05, 4.69) is 4.98 Å². The average molecular weight is 197 g/mol. The molecule has 0 spiro atoms. The highest BCUT2D eigenvalue weighted by molar-refractivity contribution is 5.28. The summed E-state index contributed by atoms with van der Waals surface area (Å²) in [6.45, 7) is 6.04. The Morgan fingerprint density at radius 1 is 1.07 bits per heavy atom. The molecule has 15 heavy (non-hydrogen) atoms. The van der Waals surface area contributed by atoms with Crippen LogP contribution in [0.3, 0.4) is 0 Å². The van der Waals surface area contributed by atoms with Crippen LogP contribution >= 0.6 is 0 Å². The summed E-state index contributed by atoms with van der Waals surface area (Å²) in [4.78, 5) is 4.16. The highest BCUT2D eigenvalue weighted by Gasteiger charge is 1.95. The van der Waals surface area contributed by atoms with Gasteiger partial charge in [-0.05, 0) is 36.8 Å². The molecule has 2 nitrogen and oxygen atoms in total. The summed E-state index contributed by atoms with van der Waals surface area (Å²) in [7, 11) is 0. The Morgan fingerprint density at radius 2 is 1.87 bits per heavy atom. The van der Waals surface area contributed by atoms with Crippen LogP contribution in [0.2, 0.25) is 0 Å². The molecular weight excluding hydrogens is 186 g/mol. The Kier molecular flexibility index (Phi) is 2.98. The van der Waals surface area contributed by atoms with E-state index in [0.29, 0.717) is 6.61 Å². The van der Waals surface area contributed by atoms with Gasteiger partial charge in [-0.25, -0.2) is 0 Å². The molecule has 0 fully saturated rings. The lowest BCUT2D eigenvalue weighted by Gasteiger charge is -2.05. The van der Waals surface area contributed by atoms with Crippen molar-refractivity contribution in [3.63, 3.8) is 0 Å². The molecule has 0 aliphatic rings. The van der Waals surface area contributed by atoms with Gasteiger partial charge in [-0.15, -0.1) is 0 Å². The summed E-state index contributed by atoms with van der Waals surface area (Å²) in [5, 5.41) is 0. The molecule has 0 aliphatic carbocycles. The lowest BCUT2D eigenvalue weighted by atomic mass is 10.2. The smallest absolute Gasteiger partial charge is 0.130 e. The second kappa shape index (κ2) is 4.60. The maximum Gasteiger partial charge on any atom is 0.130 e. The number of benzene rings is 1. The normalized spacial score (nSPS) is 9.93. The van der Waals surface area contributed by atoms with Crippen LogP contribution in [0, 0.1) is 6.92 Å². The van der Waals surface area contributed by atoms with Gasteiger partial charge in [0.15, 0.2) is 0 Å². The van der Waals surface area contributed by atoms with E-state index in [-0.39, 0.29) is 0 Å². The van der Waals surface area contributed by atoms with E-state index in [1.54, 1.807) is 6.20 Å². The van der Waals surface area contributed by atoms with E-state index in [0.717, 1.165) is 17.0 Å². The van der Waals surface area contributed by atoms with Crippen molar-refractivity contribution < 1.29 is 4.74 Å². The second-order valence-corrected chi connectivity index (χ2v) is 3.18. The first-order valence-corrected chi connectivity index (χ1v) is 4.73. The molecule has 1 aromatic heterocycles. The lowest BCUT2D eigenvalue weighted by Crippen LogP contribution is -1.97. The summed E-state index contributed by atoms with van der Waals surface area (Å²) in [5.41, 5.74) is 1.65. The van der Waals surface area contributed by atoms with Gasteiger partial charge in [0.1, 0.15) is 12.4 Å². The largest absolute Gasteiger partial charge is 0.487 e. The van der Waals surface area contributed by atoms with Crippen molar-refractivity contribution in [1.29, 1.82) is 0 Å². The summed E-state index contributed by atoms with van der Waals surface area (Å²) in [6.07, 6.45) is 1.75. The first-order valence-electron chi connectivity index (χ1n) is 4.73. The van der Waals surface area contributed by atoms with Crippen LogP contribution in [0.25, 0.3) is 0 Å². The molecule has 0 bridgehead atoms. The van der Waals surface area contributed by atoms with E-state index < -0.39 is 0 Å². The van der Waals surface area contributed by atoms with Gasteiger partial charge in [0.25, 0.3) is 0 Å². The van der Waals surface area contributed by atoms with Gasteiger partial charge in [0.2, 0.25) is 0 Å². The van der Waals surface area contributed by atoms with Crippen molar-refractivity contribution in [2.24, 2.45) is 0 Å². The first-order chi connectivity index (χ1) is 7.34. The van der Waals surface area contributed by atoms with Gasteiger partial charge >= 0.3 is 0 Å². The minimum absolute atomic E-state index is 0.477. The van der Waals surface area contributed by atoms with Crippen LogP contribution < -0.4 is 4.74 Å². The van der Waals surface area contributed by atoms with Crippen molar-refractivity contribution in [3.8, 4) is 5.75 Å². The quantitative estimate of drug-likeness (QED) is 0.754. The molecule has 0 N–H and O–H groups in total. The molecule has 2 rings (SSSR count). The fourth-order valence-electron chi connectivity index (χ4n) is 1.20. The SMILES string of the molecule is [CH]c1ccc(OCc2ccccn2)cc1. The zero-order valence-electron chi connectivity index (χ0n) is 8.26. The molecule has 74 valence electrons. The first kappa shape index (κ1) is 9.71. The van der Waals surface area contributed by atoms with Crippen LogP contribution in [0.15, 0.2) is 48.7 Å². The zero-order chi connectivity index (χ0) is 10.5. The molecule has 0 saturated heterocycles. The van der Waals surface area contributed by atoms with E-state index >= 15 is 0 Å². The van der Waals surface area contributed by atoms with Crippen molar-refractivity contribution in [3.05, 3.63) is 66.8 Å². The van der Waals surface area contributed by atoms with Crippen molar-refractivity contribution in [2.45, 2.75) is 6.61 Å². The van der Waals surface area contributed by atoms with Crippen LogP contribution in [0.1, 0.15) is 11.3 Å². The number of pyridine rings is 1. The Bertz CT molecular complexity index is 408. The minimum Gasteiger partial charge on any atom is -0.487 e. The van der Waals surface area contributed by atoms with Gasteiger partial charge in [-0.3, -0.25) is 4.98 Å². The van der Waals surface area contributed by atoms with Crippen molar-refractivity contribution >= 4 is 0 Å². The molecule has 0 amide bonds. The lowest BCUT2D eigenvalue weighted by molar-refractivity contribution is 0.301. The molecule has 0 atom stereocenters. The van der Waals surface area contributed by atoms with Crippen LogP contribution in [-0.4, -0.2) is 4.98 Å². The van der Waals surface area contributed by atoms with Crippen molar-refractivity contribution in [2.75, 3.05) is 0 Å². The summed E-state index contributed by atoms with van der Waals surface area (Å²) in [5.74, 6) is 0.801. The molecule has 1 heterocycles. The molecule has 1 aromatic carbocycles. The minimum atomic E-state index is 0.477. The van der Waals surface area contributed by atoms with Gasteiger partial charge in [0, 0.05) is 6.20 Å². The maximum absolute atomic E-state index is 5.57. The third-order valence-electron chi connectivity index (χ3n) is 1.99. The Labute approximate surface area is 89.6 Å². The van der Waals surface area contributed by atoms with Gasteiger partial charge < -0.3 is 4.74 Å². The van der Waals surface area contributed by atoms with Crippen LogP contribution in [0.4, 0.5) is 0 Å². The maximum atomic E-state index is 5.57. The number of hydrogen-bond acceptors (Lipinski definition) is 2. The van der Waals surface area contributed by atoms with Crippen LogP contribution in [-0.2, 0) is 6.61 Å².